The Bertz CT molecular complexity index is 431. The summed E-state index contributed by atoms with van der Waals surface area (Å²) in [5, 5.41) is 3.42. The smallest absolute Gasteiger partial charge is 0.341 e. The number of esters is 1. The van der Waals surface area contributed by atoms with Crippen molar-refractivity contribution in [3.8, 4) is 0 Å². The Balaban J connectivity index is 1.67. The van der Waals surface area contributed by atoms with Crippen molar-refractivity contribution in [2.75, 3.05) is 33.3 Å². The van der Waals surface area contributed by atoms with E-state index in [1.807, 2.05) is 0 Å². The van der Waals surface area contributed by atoms with Crippen molar-refractivity contribution in [2.24, 2.45) is 11.8 Å². The lowest BCUT2D eigenvalue weighted by Crippen LogP contribution is -2.25. The number of carbonyl (C=O) groups excluding carboxylic acids is 1. The Morgan fingerprint density at radius 2 is 2.22 bits per heavy atom. The highest BCUT2D eigenvalue weighted by Gasteiger charge is 2.36. The predicted molar refractivity (Wildman–Crippen MR) is 65.2 cm³/mol. The van der Waals surface area contributed by atoms with Gasteiger partial charge in [0.05, 0.1) is 19.9 Å². The minimum atomic E-state index is -0.320. The summed E-state index contributed by atoms with van der Waals surface area (Å²) in [5.41, 5.74) is 0.549. The number of nitrogens with one attached hydrogen (secondary N) is 1. The summed E-state index contributed by atoms with van der Waals surface area (Å²) in [5.74, 6) is 1.90. The topological polar surface area (TPSA) is 54.7 Å². The molecule has 2 saturated heterocycles. The average Bonchev–Trinajstić information content (AvgIpc) is 3.03. The van der Waals surface area contributed by atoms with Gasteiger partial charge in [0.2, 0.25) is 0 Å². The van der Waals surface area contributed by atoms with E-state index in [0.717, 1.165) is 43.8 Å². The van der Waals surface area contributed by atoms with Crippen molar-refractivity contribution in [3.63, 3.8) is 0 Å². The first kappa shape index (κ1) is 11.7. The van der Waals surface area contributed by atoms with Crippen LogP contribution in [0.5, 0.6) is 0 Å². The molecule has 98 valence electrons. The van der Waals surface area contributed by atoms with Crippen LogP contribution in [0.3, 0.4) is 0 Å². The van der Waals surface area contributed by atoms with E-state index in [4.69, 9.17) is 9.15 Å². The van der Waals surface area contributed by atoms with Gasteiger partial charge in [0.15, 0.2) is 0 Å². The van der Waals surface area contributed by atoms with Crippen molar-refractivity contribution >= 4 is 5.97 Å². The first-order chi connectivity index (χ1) is 8.78. The minimum Gasteiger partial charge on any atom is -0.467 e. The Labute approximate surface area is 106 Å². The third-order valence-corrected chi connectivity index (χ3v) is 3.98. The van der Waals surface area contributed by atoms with Crippen LogP contribution in [0.4, 0.5) is 0 Å². The lowest BCUT2D eigenvalue weighted by Gasteiger charge is -2.15. The second-order valence-electron chi connectivity index (χ2n) is 5.12. The first-order valence-corrected chi connectivity index (χ1v) is 6.35. The molecule has 1 N–H and O–H groups in total. The molecule has 3 rings (SSSR count). The van der Waals surface area contributed by atoms with Crippen LogP contribution in [-0.2, 0) is 11.3 Å². The minimum absolute atomic E-state index is 0.320. The molecule has 2 fully saturated rings. The fourth-order valence-electron chi connectivity index (χ4n) is 3.04. The molecule has 2 unspecified atom stereocenters. The van der Waals surface area contributed by atoms with Crippen LogP contribution in [0.1, 0.15) is 16.1 Å². The Hall–Kier alpha value is -1.33. The van der Waals surface area contributed by atoms with Crippen LogP contribution in [0.2, 0.25) is 0 Å². The number of ether oxygens (including phenoxy) is 1. The molecule has 1 aromatic heterocycles. The molecule has 0 radical (unpaired) electrons. The highest BCUT2D eigenvalue weighted by atomic mass is 16.5. The molecule has 2 atom stereocenters. The molecule has 1 aromatic rings. The molecule has 0 aromatic carbocycles. The van der Waals surface area contributed by atoms with Gasteiger partial charge in [0.1, 0.15) is 11.3 Å². The monoisotopic (exact) mass is 250 g/mol. The van der Waals surface area contributed by atoms with E-state index in [0.29, 0.717) is 12.1 Å². The molecule has 0 aliphatic carbocycles. The SMILES string of the molecule is COC(=O)c1ccoc1CN1CC2CNCC2C1. The van der Waals surface area contributed by atoms with Crippen LogP contribution in [0.25, 0.3) is 0 Å². The van der Waals surface area contributed by atoms with Crippen molar-refractivity contribution in [1.82, 2.24) is 10.2 Å². The summed E-state index contributed by atoms with van der Waals surface area (Å²) < 4.78 is 10.2. The van der Waals surface area contributed by atoms with Gasteiger partial charge in [-0.2, -0.15) is 0 Å². The number of fused-ring (bicyclic) bond motifs is 1. The van der Waals surface area contributed by atoms with Gasteiger partial charge in [-0.25, -0.2) is 4.79 Å². The zero-order valence-corrected chi connectivity index (χ0v) is 10.5. The molecule has 0 spiro atoms. The number of methoxy groups -OCH3 is 1. The third kappa shape index (κ3) is 2.04. The molecular weight excluding hydrogens is 232 g/mol. The average molecular weight is 250 g/mol. The zero-order valence-electron chi connectivity index (χ0n) is 10.5. The van der Waals surface area contributed by atoms with E-state index >= 15 is 0 Å². The number of likely N-dealkylation sites (tertiary alicyclic amines) is 1. The van der Waals surface area contributed by atoms with Gasteiger partial charge in [-0.1, -0.05) is 0 Å². The number of hydrogen-bond acceptors (Lipinski definition) is 5. The van der Waals surface area contributed by atoms with Crippen LogP contribution in [-0.4, -0.2) is 44.2 Å². The summed E-state index contributed by atoms with van der Waals surface area (Å²) in [4.78, 5) is 13.9. The van der Waals surface area contributed by atoms with Gasteiger partial charge >= 0.3 is 5.97 Å². The molecule has 0 amide bonds. The van der Waals surface area contributed by atoms with E-state index in [1.54, 1.807) is 12.3 Å². The molecular formula is C13H18N2O3. The van der Waals surface area contributed by atoms with Gasteiger partial charge in [-0.05, 0) is 31.0 Å². The molecule has 3 heterocycles. The van der Waals surface area contributed by atoms with Gasteiger partial charge in [0, 0.05) is 13.1 Å². The zero-order chi connectivity index (χ0) is 12.5. The lowest BCUT2D eigenvalue weighted by atomic mass is 10.0. The molecule has 5 heteroatoms. The fourth-order valence-corrected chi connectivity index (χ4v) is 3.04. The number of carbonyl (C=O) groups is 1. The van der Waals surface area contributed by atoms with Crippen LogP contribution < -0.4 is 5.32 Å². The van der Waals surface area contributed by atoms with Crippen molar-refractivity contribution in [2.45, 2.75) is 6.54 Å². The Kier molecular flexibility index (Phi) is 3.09. The van der Waals surface area contributed by atoms with Crippen LogP contribution in [0.15, 0.2) is 16.7 Å². The normalized spacial score (nSPS) is 27.4. The van der Waals surface area contributed by atoms with E-state index < -0.39 is 0 Å². The second kappa shape index (κ2) is 4.74. The maximum Gasteiger partial charge on any atom is 0.341 e. The standard InChI is InChI=1S/C13H18N2O3/c1-17-13(16)11-2-3-18-12(11)8-15-6-9-4-14-5-10(9)7-15/h2-3,9-10,14H,4-8H2,1H3. The van der Waals surface area contributed by atoms with Gasteiger partial charge in [-0.3, -0.25) is 4.90 Å². The Morgan fingerprint density at radius 1 is 1.50 bits per heavy atom. The highest BCUT2D eigenvalue weighted by Crippen LogP contribution is 2.28. The fraction of sp³-hybridized carbons (Fsp3) is 0.615. The quantitative estimate of drug-likeness (QED) is 0.801. The lowest BCUT2D eigenvalue weighted by molar-refractivity contribution is 0.0596. The number of furan rings is 1. The summed E-state index contributed by atoms with van der Waals surface area (Å²) >= 11 is 0. The van der Waals surface area contributed by atoms with Crippen LogP contribution >= 0.6 is 0 Å². The summed E-state index contributed by atoms with van der Waals surface area (Å²) in [6.45, 7) is 5.09. The number of hydrogen-bond donors (Lipinski definition) is 1. The molecule has 18 heavy (non-hydrogen) atoms. The molecule has 2 aliphatic heterocycles. The van der Waals surface area contributed by atoms with Gasteiger partial charge in [0.25, 0.3) is 0 Å². The number of rotatable bonds is 3. The maximum absolute atomic E-state index is 11.6. The summed E-state index contributed by atoms with van der Waals surface area (Å²) in [6, 6.07) is 1.68. The second-order valence-corrected chi connectivity index (χ2v) is 5.12. The van der Waals surface area contributed by atoms with E-state index in [1.165, 1.54) is 7.11 Å². The Morgan fingerprint density at radius 3 is 2.89 bits per heavy atom. The van der Waals surface area contributed by atoms with Crippen molar-refractivity contribution in [1.29, 1.82) is 0 Å². The molecule has 5 nitrogen and oxygen atoms in total. The first-order valence-electron chi connectivity index (χ1n) is 6.35. The van der Waals surface area contributed by atoms with Crippen LogP contribution in [0, 0.1) is 11.8 Å². The van der Waals surface area contributed by atoms with Gasteiger partial charge in [-0.15, -0.1) is 0 Å². The summed E-state index contributed by atoms with van der Waals surface area (Å²) in [6.07, 6.45) is 1.56. The maximum atomic E-state index is 11.6. The molecule has 0 bridgehead atoms. The highest BCUT2D eigenvalue weighted by molar-refractivity contribution is 5.90. The van der Waals surface area contributed by atoms with Crippen molar-refractivity contribution in [3.05, 3.63) is 23.7 Å². The number of nitrogens with zero attached hydrogens (tertiary/aromatic N) is 1. The summed E-state index contributed by atoms with van der Waals surface area (Å²) in [7, 11) is 1.39. The largest absolute Gasteiger partial charge is 0.467 e. The van der Waals surface area contributed by atoms with Gasteiger partial charge < -0.3 is 14.5 Å². The molecule has 0 saturated carbocycles. The van der Waals surface area contributed by atoms with Crippen molar-refractivity contribution < 1.29 is 13.9 Å². The van der Waals surface area contributed by atoms with E-state index in [-0.39, 0.29) is 5.97 Å². The third-order valence-electron chi connectivity index (χ3n) is 3.98. The van der Waals surface area contributed by atoms with E-state index in [9.17, 15) is 4.79 Å². The molecule has 2 aliphatic rings. The predicted octanol–water partition coefficient (Wildman–Crippen LogP) is 0.717. The van der Waals surface area contributed by atoms with E-state index in [2.05, 4.69) is 10.2 Å².